The van der Waals surface area contributed by atoms with Gasteiger partial charge in [0.1, 0.15) is 11.5 Å². The number of carbonyl (C=O) groups excluding carboxylic acids is 4. The van der Waals surface area contributed by atoms with E-state index in [0.29, 0.717) is 96.0 Å². The van der Waals surface area contributed by atoms with Gasteiger partial charge in [0.2, 0.25) is 5.91 Å². The van der Waals surface area contributed by atoms with Crippen LogP contribution in [0.1, 0.15) is 94.5 Å². The summed E-state index contributed by atoms with van der Waals surface area (Å²) in [6.45, 7) is 16.1. The van der Waals surface area contributed by atoms with Crippen molar-refractivity contribution in [1.82, 2.24) is 28.9 Å². The van der Waals surface area contributed by atoms with Crippen LogP contribution in [-0.4, -0.2) is 128 Å². The highest BCUT2D eigenvalue weighted by molar-refractivity contribution is 6.22. The number of aliphatic hydroxyl groups is 1. The van der Waals surface area contributed by atoms with E-state index < -0.39 is 6.61 Å². The van der Waals surface area contributed by atoms with Crippen molar-refractivity contribution in [2.24, 2.45) is 12.5 Å². The molecule has 0 radical (unpaired) electrons. The number of carbonyl (C=O) groups is 4. The monoisotopic (exact) mass is 989 g/mol. The zero-order chi connectivity index (χ0) is 50.9. The Morgan fingerprint density at radius 1 is 0.877 bits per heavy atom. The second kappa shape index (κ2) is 19.0. The largest absolute Gasteiger partial charge is 0.392 e. The number of pyridine rings is 1. The maximum absolute atomic E-state index is 14.1. The minimum absolute atomic E-state index is 0.0327. The second-order valence-corrected chi connectivity index (χ2v) is 21.2. The highest BCUT2D eigenvalue weighted by atomic mass is 16.5. The average molecular weight is 990 g/mol. The van der Waals surface area contributed by atoms with Gasteiger partial charge >= 0.3 is 0 Å². The minimum Gasteiger partial charge on any atom is -0.392 e. The lowest BCUT2D eigenvalue weighted by molar-refractivity contribution is -0.111. The lowest BCUT2D eigenvalue weighted by Crippen LogP contribution is -2.57. The first-order chi connectivity index (χ1) is 35.2. The molecule has 1 atom stereocenters. The van der Waals surface area contributed by atoms with E-state index in [2.05, 4.69) is 62.2 Å². The molecule has 5 aliphatic heterocycles. The Morgan fingerprint density at radius 2 is 1.66 bits per heavy atom. The summed E-state index contributed by atoms with van der Waals surface area (Å²) in [5.41, 5.74) is 8.04. The number of benzene rings is 2. The summed E-state index contributed by atoms with van der Waals surface area (Å²) < 4.78 is 9.04. The first-order valence-electron chi connectivity index (χ1n) is 25.6. The Hall–Kier alpha value is -7.15. The predicted molar refractivity (Wildman–Crippen MR) is 279 cm³/mol. The summed E-state index contributed by atoms with van der Waals surface area (Å²) in [5, 5.41) is 17.1. The summed E-state index contributed by atoms with van der Waals surface area (Å²) in [7, 11) is 1.63. The van der Waals surface area contributed by atoms with E-state index in [4.69, 9.17) is 9.72 Å². The summed E-state index contributed by atoms with van der Waals surface area (Å²) in [4.78, 5) is 87.2. The molecule has 3 fully saturated rings. The number of aryl methyl sites for hydroxylation is 1. The fourth-order valence-electron chi connectivity index (χ4n) is 12.2. The van der Waals surface area contributed by atoms with Crippen molar-refractivity contribution in [1.29, 1.82) is 0 Å². The Morgan fingerprint density at radius 3 is 2.41 bits per heavy atom. The molecule has 0 saturated carbocycles. The van der Waals surface area contributed by atoms with Gasteiger partial charge in [0.25, 0.3) is 23.3 Å². The van der Waals surface area contributed by atoms with E-state index in [9.17, 15) is 29.1 Å². The van der Waals surface area contributed by atoms with Crippen LogP contribution in [0.5, 0.6) is 0 Å². The van der Waals surface area contributed by atoms with Crippen molar-refractivity contribution >= 4 is 58.0 Å². The van der Waals surface area contributed by atoms with Crippen LogP contribution in [0, 0.1) is 5.41 Å². The fourth-order valence-corrected chi connectivity index (χ4v) is 12.2. The molecule has 1 aliphatic carbocycles. The van der Waals surface area contributed by atoms with Crippen molar-refractivity contribution in [2.45, 2.75) is 90.6 Å². The topological polar surface area (TPSA) is 191 Å². The Kier molecular flexibility index (Phi) is 12.6. The zero-order valence-corrected chi connectivity index (χ0v) is 42.0. The molecule has 0 bridgehead atoms. The number of aliphatic hydroxyl groups excluding tert-OH is 1. The second-order valence-electron chi connectivity index (χ2n) is 21.2. The van der Waals surface area contributed by atoms with E-state index in [1.54, 1.807) is 36.5 Å². The summed E-state index contributed by atoms with van der Waals surface area (Å²) in [6, 6.07) is 15.4. The first kappa shape index (κ1) is 48.1. The van der Waals surface area contributed by atoms with Crippen LogP contribution in [-0.2, 0) is 42.6 Å². The van der Waals surface area contributed by atoms with Gasteiger partial charge in [-0.05, 0) is 111 Å². The molecule has 18 heteroatoms. The predicted octanol–water partition coefficient (Wildman–Crippen LogP) is 5.74. The number of piperazine rings is 1. The van der Waals surface area contributed by atoms with Gasteiger partial charge in [-0.25, -0.2) is 9.97 Å². The molecule has 3 saturated heterocycles. The van der Waals surface area contributed by atoms with Crippen molar-refractivity contribution < 1.29 is 29.0 Å². The molecule has 18 nitrogen and oxygen atoms in total. The van der Waals surface area contributed by atoms with Crippen LogP contribution in [0.2, 0.25) is 0 Å². The molecule has 2 aromatic carbocycles. The Balaban J connectivity index is 0.772. The SMILES string of the molecule is C=CC(=O)Nc1cc(Nc2nc(-c3ccnc(N4CCn5c(cc6c5CC(C)(C)C6)C4=O)c3CO)cn(C)c2=O)ccc1N1CCN(C2CCN(c3ccc4c(c3)C(=O)N(C3CCOCC3)C4=O)CC2)C[C@@H]1C. The van der Waals surface area contributed by atoms with Gasteiger partial charge in [0, 0.05) is 125 Å². The van der Waals surface area contributed by atoms with Crippen LogP contribution >= 0.6 is 0 Å². The van der Waals surface area contributed by atoms with Crippen LogP contribution < -0.4 is 30.9 Å². The quantitative estimate of drug-likeness (QED) is 0.107. The molecule has 73 heavy (non-hydrogen) atoms. The van der Waals surface area contributed by atoms with Gasteiger partial charge in [0.05, 0.1) is 34.8 Å². The number of nitrogens with zero attached hydrogens (tertiary/aromatic N) is 9. The van der Waals surface area contributed by atoms with Gasteiger partial charge in [-0.2, -0.15) is 0 Å². The smallest absolute Gasteiger partial charge is 0.293 e. The molecule has 5 aromatic rings. The number of amides is 4. The maximum Gasteiger partial charge on any atom is 0.293 e. The average Bonchev–Trinajstić information content (AvgIpc) is 3.98. The third-order valence-corrected chi connectivity index (χ3v) is 15.9. The lowest BCUT2D eigenvalue weighted by Gasteiger charge is -2.47. The molecule has 380 valence electrons. The number of hydrogen-bond donors (Lipinski definition) is 3. The van der Waals surface area contributed by atoms with Crippen LogP contribution in [0.15, 0.2) is 78.4 Å². The summed E-state index contributed by atoms with van der Waals surface area (Å²) >= 11 is 0. The number of anilines is 6. The summed E-state index contributed by atoms with van der Waals surface area (Å²) in [6.07, 6.45) is 9.51. The molecule has 8 heterocycles. The van der Waals surface area contributed by atoms with Gasteiger partial charge < -0.3 is 39.4 Å². The van der Waals surface area contributed by atoms with E-state index in [-0.39, 0.29) is 52.5 Å². The molecule has 4 amide bonds. The molecule has 3 N–H and O–H groups in total. The van der Waals surface area contributed by atoms with E-state index >= 15 is 0 Å². The van der Waals surface area contributed by atoms with E-state index in [0.717, 1.165) is 69.8 Å². The van der Waals surface area contributed by atoms with E-state index in [1.165, 1.54) is 26.8 Å². The number of aromatic nitrogens is 4. The number of hydrogen-bond acceptors (Lipinski definition) is 13. The highest BCUT2D eigenvalue weighted by Crippen LogP contribution is 2.41. The van der Waals surface area contributed by atoms with Crippen LogP contribution in [0.25, 0.3) is 11.3 Å². The number of piperidine rings is 1. The van der Waals surface area contributed by atoms with Crippen molar-refractivity contribution in [3.8, 4) is 11.3 Å². The van der Waals surface area contributed by atoms with Gasteiger partial charge in [-0.3, -0.25) is 38.7 Å². The number of ether oxygens (including phenoxy) is 1. The Bertz CT molecular complexity index is 3130. The zero-order valence-electron chi connectivity index (χ0n) is 42.0. The normalized spacial score (nSPS) is 20.3. The van der Waals surface area contributed by atoms with Crippen molar-refractivity contribution in [2.75, 3.05) is 77.8 Å². The number of fused-ring (bicyclic) bond motifs is 4. The maximum atomic E-state index is 14.1. The van der Waals surface area contributed by atoms with Crippen LogP contribution in [0.3, 0.4) is 0 Å². The highest BCUT2D eigenvalue weighted by Gasteiger charge is 2.42. The lowest BCUT2D eigenvalue weighted by atomic mass is 9.90. The Labute approximate surface area is 424 Å². The molecular formula is C55H63N11O7. The standard InChI is InChI=1S/C55H63N11O7/c1-6-48(68)58-43-26-35(57-49-54(72)60(5)31-44(59-49)39-11-16-56-50(42(39)32-67)65-22-21-64-46(53(65)71)25-34-28-55(3,4)29-47(34)64)7-10-45(43)63-20-19-62(30-33(63)2)36-12-17-61(18-13-36)38-8-9-40-41(27-38)52(70)66(51(40)69)37-14-23-73-24-15-37/h6-11,16,25-27,31,33,36-37,67H,1,12-15,17-24,28-30,32H2,2-5H3,(H,57,59)(H,58,68)/t33-/m0/s1. The fraction of sp³-hybridized carbons (Fsp3) is 0.436. The number of rotatable bonds is 11. The van der Waals surface area contributed by atoms with E-state index in [1.807, 2.05) is 36.4 Å². The van der Waals surface area contributed by atoms with Gasteiger partial charge in [-0.1, -0.05) is 20.4 Å². The van der Waals surface area contributed by atoms with Crippen LogP contribution in [0.4, 0.5) is 34.4 Å². The number of imide groups is 1. The van der Waals surface area contributed by atoms with Gasteiger partial charge in [-0.15, -0.1) is 0 Å². The number of nitrogens with one attached hydrogen (secondary N) is 2. The molecule has 11 rings (SSSR count). The van der Waals surface area contributed by atoms with Crippen molar-refractivity contribution in [3.05, 3.63) is 118 Å². The van der Waals surface area contributed by atoms with Gasteiger partial charge in [0.15, 0.2) is 5.82 Å². The molecular weight excluding hydrogens is 927 g/mol. The first-order valence-corrected chi connectivity index (χ1v) is 25.6. The molecule has 0 unspecified atom stereocenters. The minimum atomic E-state index is -0.414. The third-order valence-electron chi connectivity index (χ3n) is 15.9. The molecule has 3 aromatic heterocycles. The molecule has 6 aliphatic rings. The summed E-state index contributed by atoms with van der Waals surface area (Å²) in [5.74, 6) is -0.563. The van der Waals surface area contributed by atoms with Crippen molar-refractivity contribution in [3.63, 3.8) is 0 Å². The molecule has 0 spiro atoms. The third kappa shape index (κ3) is 8.78.